The minimum Gasteiger partial charge on any atom is -0.478 e. The van der Waals surface area contributed by atoms with Gasteiger partial charge in [0.05, 0.1) is 11.1 Å². The van der Waals surface area contributed by atoms with Crippen molar-refractivity contribution in [2.24, 2.45) is 0 Å². The summed E-state index contributed by atoms with van der Waals surface area (Å²) in [5.41, 5.74) is -3.35. The molecule has 0 unspecified atom stereocenters. The molecule has 2 aromatic carbocycles. The van der Waals surface area contributed by atoms with Crippen LogP contribution in [0.15, 0.2) is 41.3 Å². The third-order valence-electron chi connectivity index (χ3n) is 2.99. The average molecular weight is 381 g/mol. The van der Waals surface area contributed by atoms with Crippen molar-refractivity contribution in [1.29, 1.82) is 0 Å². The van der Waals surface area contributed by atoms with Crippen LogP contribution in [0.2, 0.25) is 0 Å². The molecule has 0 aromatic heterocycles. The normalized spacial score (nSPS) is 12.0. The second kappa shape index (κ2) is 6.31. The molecule has 2 rings (SSSR count). The first-order valence-corrected chi connectivity index (χ1v) is 7.82. The van der Waals surface area contributed by atoms with Gasteiger partial charge in [0.15, 0.2) is 0 Å². The fraction of sp³-hybridized carbons (Fsp3) is 0.0714. The Bertz CT molecular complexity index is 941. The van der Waals surface area contributed by atoms with Gasteiger partial charge in [-0.25, -0.2) is 22.0 Å². The van der Waals surface area contributed by atoms with E-state index in [1.807, 2.05) is 0 Å². The number of nitrogens with one attached hydrogen (secondary N) is 1. The predicted molar refractivity (Wildman–Crippen MR) is 75.6 cm³/mol. The molecule has 5 nitrogen and oxygen atoms in total. The highest BCUT2D eigenvalue weighted by Gasteiger charge is 2.36. The Labute approximate surface area is 137 Å². The van der Waals surface area contributed by atoms with Gasteiger partial charge in [-0.15, -0.1) is 0 Å². The Balaban J connectivity index is 2.50. The maximum Gasteiger partial charge on any atom is 0.417 e. The highest BCUT2D eigenvalue weighted by molar-refractivity contribution is 7.92. The summed E-state index contributed by atoms with van der Waals surface area (Å²) in [6.07, 6.45) is -5.07. The lowest BCUT2D eigenvalue weighted by Crippen LogP contribution is -2.17. The molecule has 2 aromatic rings. The van der Waals surface area contributed by atoms with Gasteiger partial charge in [-0.1, -0.05) is 0 Å². The molecule has 0 spiro atoms. The van der Waals surface area contributed by atoms with Crippen LogP contribution < -0.4 is 4.72 Å². The van der Waals surface area contributed by atoms with E-state index in [4.69, 9.17) is 5.11 Å². The van der Waals surface area contributed by atoms with Gasteiger partial charge in [-0.05, 0) is 36.4 Å². The number of hydrogen-bond acceptors (Lipinski definition) is 3. The third-order valence-corrected chi connectivity index (χ3v) is 4.39. The largest absolute Gasteiger partial charge is 0.478 e. The Hall–Kier alpha value is -2.69. The molecule has 0 fully saturated rings. The highest BCUT2D eigenvalue weighted by atomic mass is 32.2. The van der Waals surface area contributed by atoms with Crippen molar-refractivity contribution in [2.45, 2.75) is 11.1 Å². The molecule has 2 N–H and O–H groups in total. The van der Waals surface area contributed by atoms with Crippen LogP contribution in [0.3, 0.4) is 0 Å². The third kappa shape index (κ3) is 4.05. The van der Waals surface area contributed by atoms with Crippen LogP contribution in [0.1, 0.15) is 15.9 Å². The smallest absolute Gasteiger partial charge is 0.417 e. The standard InChI is InChI=1S/C14H8F5NO4S/c15-7-1-4-11(16)12(5-7)25(23,24)20-8-2-3-9(13(21)22)10(6-8)14(17,18)19/h1-6,20H,(H,21,22). The van der Waals surface area contributed by atoms with Crippen molar-refractivity contribution < 1.29 is 40.3 Å². The molecule has 0 bridgehead atoms. The van der Waals surface area contributed by atoms with E-state index >= 15 is 0 Å². The molecule has 0 radical (unpaired) electrons. The summed E-state index contributed by atoms with van der Waals surface area (Å²) in [4.78, 5) is 9.73. The highest BCUT2D eigenvalue weighted by Crippen LogP contribution is 2.34. The van der Waals surface area contributed by atoms with Crippen LogP contribution in [0, 0.1) is 11.6 Å². The van der Waals surface area contributed by atoms with Gasteiger partial charge < -0.3 is 5.11 Å². The molecular formula is C14H8F5NO4S. The van der Waals surface area contributed by atoms with Crippen LogP contribution in [0.5, 0.6) is 0 Å². The molecule has 11 heteroatoms. The van der Waals surface area contributed by atoms with Crippen molar-refractivity contribution in [2.75, 3.05) is 4.72 Å². The van der Waals surface area contributed by atoms with E-state index in [9.17, 15) is 35.2 Å². The van der Waals surface area contributed by atoms with Crippen LogP contribution in [0.25, 0.3) is 0 Å². The first kappa shape index (κ1) is 18.6. The number of halogens is 5. The molecule has 0 aliphatic heterocycles. The number of hydrogen-bond donors (Lipinski definition) is 2. The van der Waals surface area contributed by atoms with E-state index in [1.165, 1.54) is 0 Å². The van der Waals surface area contributed by atoms with Gasteiger partial charge >= 0.3 is 12.1 Å². The van der Waals surface area contributed by atoms with E-state index in [0.29, 0.717) is 24.3 Å². The molecule has 0 atom stereocenters. The molecule has 0 saturated carbocycles. The first-order chi connectivity index (χ1) is 11.4. The minimum absolute atomic E-state index is 0.248. The average Bonchev–Trinajstić information content (AvgIpc) is 2.48. The summed E-state index contributed by atoms with van der Waals surface area (Å²) in [7, 11) is -4.74. The molecule has 0 aliphatic carbocycles. The summed E-state index contributed by atoms with van der Waals surface area (Å²) in [5, 5.41) is 8.77. The summed E-state index contributed by atoms with van der Waals surface area (Å²) < 4.78 is 91.1. The molecule has 25 heavy (non-hydrogen) atoms. The van der Waals surface area contributed by atoms with E-state index in [1.54, 1.807) is 4.72 Å². The molecule has 0 aliphatic rings. The van der Waals surface area contributed by atoms with E-state index in [2.05, 4.69) is 0 Å². The van der Waals surface area contributed by atoms with E-state index in [0.717, 1.165) is 6.07 Å². The zero-order valence-electron chi connectivity index (χ0n) is 11.9. The molecule has 134 valence electrons. The number of rotatable bonds is 4. The lowest BCUT2D eigenvalue weighted by atomic mass is 10.1. The summed E-state index contributed by atoms with van der Waals surface area (Å²) >= 11 is 0. The lowest BCUT2D eigenvalue weighted by molar-refractivity contribution is -0.138. The van der Waals surface area contributed by atoms with Crippen LogP contribution in [-0.2, 0) is 16.2 Å². The number of carbonyl (C=O) groups is 1. The predicted octanol–water partition coefficient (Wildman–Crippen LogP) is 3.48. The zero-order valence-corrected chi connectivity index (χ0v) is 12.8. The van der Waals surface area contributed by atoms with Crippen molar-refractivity contribution in [1.82, 2.24) is 0 Å². The van der Waals surface area contributed by atoms with Crippen LogP contribution in [-0.4, -0.2) is 19.5 Å². The van der Waals surface area contributed by atoms with E-state index in [-0.39, 0.29) is 6.07 Å². The Morgan fingerprint density at radius 3 is 2.24 bits per heavy atom. The zero-order chi connectivity index (χ0) is 19.0. The fourth-order valence-corrected chi connectivity index (χ4v) is 3.06. The Kier molecular flexibility index (Phi) is 4.71. The number of aromatic carboxylic acids is 1. The maximum atomic E-state index is 13.6. The quantitative estimate of drug-likeness (QED) is 0.795. The first-order valence-electron chi connectivity index (χ1n) is 6.34. The summed E-state index contributed by atoms with van der Waals surface area (Å²) in [6.45, 7) is 0. The lowest BCUT2D eigenvalue weighted by Gasteiger charge is -2.14. The number of alkyl halides is 3. The fourth-order valence-electron chi connectivity index (χ4n) is 1.92. The molecule has 0 heterocycles. The van der Waals surface area contributed by atoms with Gasteiger partial charge in [0.1, 0.15) is 16.5 Å². The Morgan fingerprint density at radius 2 is 1.68 bits per heavy atom. The number of carboxylic acid groups (broad SMARTS) is 1. The summed E-state index contributed by atoms with van der Waals surface area (Å²) in [5.74, 6) is -4.25. The molecular weight excluding hydrogens is 373 g/mol. The maximum absolute atomic E-state index is 13.6. The number of anilines is 1. The van der Waals surface area contributed by atoms with Gasteiger partial charge in [0.25, 0.3) is 10.0 Å². The SMILES string of the molecule is O=C(O)c1ccc(NS(=O)(=O)c2cc(F)ccc2F)cc1C(F)(F)F. The minimum atomic E-state index is -5.07. The van der Waals surface area contributed by atoms with Gasteiger partial charge in [-0.3, -0.25) is 4.72 Å². The summed E-state index contributed by atoms with van der Waals surface area (Å²) in [6, 6.07) is 3.11. The monoisotopic (exact) mass is 381 g/mol. The van der Waals surface area contributed by atoms with Crippen molar-refractivity contribution in [3.63, 3.8) is 0 Å². The van der Waals surface area contributed by atoms with Crippen LogP contribution in [0.4, 0.5) is 27.6 Å². The molecule has 0 saturated heterocycles. The molecule has 0 amide bonds. The second-order valence-electron chi connectivity index (χ2n) is 4.74. The number of sulfonamides is 1. The topological polar surface area (TPSA) is 83.5 Å². The Morgan fingerprint density at radius 1 is 1.04 bits per heavy atom. The van der Waals surface area contributed by atoms with Crippen molar-refractivity contribution in [3.05, 3.63) is 59.2 Å². The van der Waals surface area contributed by atoms with Crippen molar-refractivity contribution >= 4 is 21.7 Å². The number of benzene rings is 2. The van der Waals surface area contributed by atoms with Gasteiger partial charge in [0.2, 0.25) is 0 Å². The van der Waals surface area contributed by atoms with Crippen molar-refractivity contribution in [3.8, 4) is 0 Å². The van der Waals surface area contributed by atoms with Crippen LogP contribution >= 0.6 is 0 Å². The van der Waals surface area contributed by atoms with Gasteiger partial charge in [-0.2, -0.15) is 13.2 Å². The second-order valence-corrected chi connectivity index (χ2v) is 6.39. The van der Waals surface area contributed by atoms with Gasteiger partial charge in [0, 0.05) is 5.69 Å². The number of carboxylic acids is 1. The van der Waals surface area contributed by atoms with E-state index < -0.39 is 55.5 Å².